The van der Waals surface area contributed by atoms with Crippen molar-refractivity contribution < 1.29 is 14.0 Å². The van der Waals surface area contributed by atoms with Gasteiger partial charge >= 0.3 is 0 Å². The number of rotatable bonds is 4. The number of hydrazone groups is 1. The van der Waals surface area contributed by atoms with Crippen molar-refractivity contribution in [2.75, 3.05) is 7.05 Å². The second kappa shape index (κ2) is 6.84. The Morgan fingerprint density at radius 2 is 2.04 bits per heavy atom. The number of imidazole rings is 1. The summed E-state index contributed by atoms with van der Waals surface area (Å²) < 4.78 is 16.0. The largest absolute Gasteiger partial charge is 0.337 e. The second-order valence-electron chi connectivity index (χ2n) is 5.79. The van der Waals surface area contributed by atoms with E-state index in [0.29, 0.717) is 11.4 Å². The van der Waals surface area contributed by atoms with Crippen LogP contribution in [0.1, 0.15) is 30.3 Å². The van der Waals surface area contributed by atoms with Crippen molar-refractivity contribution in [1.82, 2.24) is 19.9 Å². The second-order valence-corrected chi connectivity index (χ2v) is 5.79. The Balaban J connectivity index is 1.93. The van der Waals surface area contributed by atoms with E-state index in [1.165, 1.54) is 13.1 Å². The molecule has 0 aliphatic carbocycles. The van der Waals surface area contributed by atoms with E-state index in [1.54, 1.807) is 42.2 Å². The van der Waals surface area contributed by atoms with Crippen LogP contribution in [0.2, 0.25) is 0 Å². The van der Waals surface area contributed by atoms with Gasteiger partial charge in [-0.05, 0) is 6.07 Å². The van der Waals surface area contributed by atoms with Crippen molar-refractivity contribution in [3.05, 3.63) is 53.9 Å². The molecule has 8 heteroatoms. The van der Waals surface area contributed by atoms with Gasteiger partial charge in [0.2, 0.25) is 5.91 Å². The number of hydrogen-bond acceptors (Lipinski definition) is 4. The number of nitrogens with one attached hydrogen (secondary N) is 1. The summed E-state index contributed by atoms with van der Waals surface area (Å²) in [5, 5.41) is 7.95. The third kappa shape index (κ3) is 3.42. The van der Waals surface area contributed by atoms with Crippen LogP contribution in [0.15, 0.2) is 41.8 Å². The topological polar surface area (TPSA) is 79.6 Å². The molecule has 2 aromatic rings. The lowest BCUT2D eigenvalue weighted by molar-refractivity contribution is -0.130. The van der Waals surface area contributed by atoms with E-state index in [2.05, 4.69) is 15.4 Å². The van der Waals surface area contributed by atoms with Gasteiger partial charge in [-0.25, -0.2) is 14.4 Å². The molecule has 1 aliphatic heterocycles. The lowest BCUT2D eigenvalue weighted by Crippen LogP contribution is -2.40. The predicted molar refractivity (Wildman–Crippen MR) is 89.0 cm³/mol. The van der Waals surface area contributed by atoms with E-state index >= 15 is 0 Å². The molecular weight excluding hydrogens is 325 g/mol. The van der Waals surface area contributed by atoms with Crippen LogP contribution in [0.5, 0.6) is 0 Å². The summed E-state index contributed by atoms with van der Waals surface area (Å²) in [6, 6.07) is 5.46. The Morgan fingerprint density at radius 3 is 2.68 bits per heavy atom. The van der Waals surface area contributed by atoms with Gasteiger partial charge < -0.3 is 9.88 Å². The van der Waals surface area contributed by atoms with Crippen LogP contribution >= 0.6 is 0 Å². The number of aromatic nitrogens is 2. The number of carbonyl (C=O) groups excluding carboxylic acids is 2. The van der Waals surface area contributed by atoms with Gasteiger partial charge in [0.1, 0.15) is 23.4 Å². The maximum absolute atomic E-state index is 14.3. The van der Waals surface area contributed by atoms with Gasteiger partial charge in [-0.1, -0.05) is 18.2 Å². The molecule has 130 valence electrons. The number of benzene rings is 1. The van der Waals surface area contributed by atoms with Gasteiger partial charge in [0, 0.05) is 44.9 Å². The molecule has 1 N–H and O–H groups in total. The molecule has 2 amide bonds. The highest BCUT2D eigenvalue weighted by molar-refractivity contribution is 6.39. The summed E-state index contributed by atoms with van der Waals surface area (Å²) in [6.07, 6.45) is 3.77. The maximum Gasteiger partial charge on any atom is 0.268 e. The van der Waals surface area contributed by atoms with E-state index in [1.807, 2.05) is 0 Å². The Kier molecular flexibility index (Phi) is 4.60. The fraction of sp³-hybridized carbons (Fsp3) is 0.294. The quantitative estimate of drug-likeness (QED) is 0.911. The molecule has 1 unspecified atom stereocenters. The van der Waals surface area contributed by atoms with E-state index in [0.717, 1.165) is 5.01 Å². The standard InChI is InChI=1S/C17H18FN5O2/c1-22-10-9-19-16(22)15(11-5-3-4-6-12(11)18)20-17(25)13-7-8-14(24)23(2)21-13/h3-6,9-10,15H,7-8H2,1-2H3,(H,20,25). The molecule has 3 rings (SSSR count). The van der Waals surface area contributed by atoms with Crippen LogP contribution in [0, 0.1) is 5.82 Å². The Bertz CT molecular complexity index is 845. The number of amides is 2. The van der Waals surface area contributed by atoms with E-state index in [4.69, 9.17) is 0 Å². The van der Waals surface area contributed by atoms with E-state index in [-0.39, 0.29) is 24.5 Å². The summed E-state index contributed by atoms with van der Waals surface area (Å²) in [5.41, 5.74) is 0.545. The molecule has 0 saturated carbocycles. The maximum atomic E-state index is 14.3. The summed E-state index contributed by atoms with van der Waals surface area (Å²) in [6.45, 7) is 0. The molecule has 0 radical (unpaired) electrons. The highest BCUT2D eigenvalue weighted by Gasteiger charge is 2.28. The average Bonchev–Trinajstić information content (AvgIpc) is 3.01. The molecule has 2 heterocycles. The number of nitrogens with zero attached hydrogens (tertiary/aromatic N) is 4. The first-order valence-electron chi connectivity index (χ1n) is 7.84. The van der Waals surface area contributed by atoms with E-state index < -0.39 is 17.8 Å². The zero-order valence-electron chi connectivity index (χ0n) is 13.9. The first-order valence-corrected chi connectivity index (χ1v) is 7.84. The van der Waals surface area contributed by atoms with Crippen molar-refractivity contribution in [2.24, 2.45) is 12.1 Å². The number of hydrogen-bond donors (Lipinski definition) is 1. The molecule has 1 aromatic heterocycles. The number of halogens is 1. The van der Waals surface area contributed by atoms with Crippen molar-refractivity contribution in [3.63, 3.8) is 0 Å². The molecular formula is C17H18FN5O2. The molecule has 7 nitrogen and oxygen atoms in total. The van der Waals surface area contributed by atoms with Gasteiger partial charge in [0.25, 0.3) is 5.91 Å². The van der Waals surface area contributed by atoms with Crippen molar-refractivity contribution >= 4 is 17.5 Å². The summed E-state index contributed by atoms with van der Waals surface area (Å²) >= 11 is 0. The smallest absolute Gasteiger partial charge is 0.268 e. The van der Waals surface area contributed by atoms with Gasteiger partial charge in [0.05, 0.1) is 0 Å². The minimum atomic E-state index is -0.765. The predicted octanol–water partition coefficient (Wildman–Crippen LogP) is 1.37. The molecule has 0 saturated heterocycles. The van der Waals surface area contributed by atoms with Gasteiger partial charge in [0.15, 0.2) is 0 Å². The van der Waals surface area contributed by atoms with Crippen LogP contribution in [0.3, 0.4) is 0 Å². The number of aryl methyl sites for hydroxylation is 1. The van der Waals surface area contributed by atoms with Crippen LogP contribution < -0.4 is 5.32 Å². The Labute approximate surface area is 144 Å². The normalized spacial score (nSPS) is 15.7. The fourth-order valence-corrected chi connectivity index (χ4v) is 2.69. The monoisotopic (exact) mass is 343 g/mol. The molecule has 0 spiro atoms. The zero-order valence-corrected chi connectivity index (χ0v) is 13.9. The highest BCUT2D eigenvalue weighted by atomic mass is 19.1. The zero-order chi connectivity index (χ0) is 18.0. The van der Waals surface area contributed by atoms with Crippen molar-refractivity contribution in [2.45, 2.75) is 18.9 Å². The van der Waals surface area contributed by atoms with Crippen LogP contribution in [0.4, 0.5) is 4.39 Å². The van der Waals surface area contributed by atoms with Crippen molar-refractivity contribution in [1.29, 1.82) is 0 Å². The van der Waals surface area contributed by atoms with Crippen LogP contribution in [-0.4, -0.2) is 39.1 Å². The first kappa shape index (κ1) is 16.8. The molecule has 1 aromatic carbocycles. The van der Waals surface area contributed by atoms with Gasteiger partial charge in [-0.3, -0.25) is 9.59 Å². The molecule has 0 fully saturated rings. The summed E-state index contributed by atoms with van der Waals surface area (Å²) in [5.74, 6) is -0.533. The lowest BCUT2D eigenvalue weighted by Gasteiger charge is -2.23. The Morgan fingerprint density at radius 1 is 1.28 bits per heavy atom. The average molecular weight is 343 g/mol. The lowest BCUT2D eigenvalue weighted by atomic mass is 10.0. The van der Waals surface area contributed by atoms with Crippen molar-refractivity contribution in [3.8, 4) is 0 Å². The van der Waals surface area contributed by atoms with Crippen LogP contribution in [0.25, 0.3) is 0 Å². The number of carbonyl (C=O) groups is 2. The van der Waals surface area contributed by atoms with E-state index in [9.17, 15) is 14.0 Å². The molecule has 25 heavy (non-hydrogen) atoms. The fourth-order valence-electron chi connectivity index (χ4n) is 2.69. The minimum absolute atomic E-state index is 0.147. The third-order valence-corrected chi connectivity index (χ3v) is 4.08. The van der Waals surface area contributed by atoms with Crippen LogP contribution in [-0.2, 0) is 16.6 Å². The first-order chi connectivity index (χ1) is 12.0. The SMILES string of the molecule is CN1N=C(C(=O)NC(c2ccccc2F)c2nccn2C)CCC1=O. The third-order valence-electron chi connectivity index (χ3n) is 4.08. The molecule has 0 bridgehead atoms. The highest BCUT2D eigenvalue weighted by Crippen LogP contribution is 2.23. The summed E-state index contributed by atoms with van der Waals surface area (Å²) in [7, 11) is 3.27. The molecule has 1 atom stereocenters. The van der Waals surface area contributed by atoms with Gasteiger partial charge in [-0.2, -0.15) is 5.10 Å². The molecule has 1 aliphatic rings. The van der Waals surface area contributed by atoms with Gasteiger partial charge in [-0.15, -0.1) is 0 Å². The summed E-state index contributed by atoms with van der Waals surface area (Å²) in [4.78, 5) is 28.4. The Hall–Kier alpha value is -3.03. The minimum Gasteiger partial charge on any atom is -0.337 e.